The lowest BCUT2D eigenvalue weighted by atomic mass is 9.93. The van der Waals surface area contributed by atoms with Crippen molar-refractivity contribution in [1.29, 1.82) is 0 Å². The van der Waals surface area contributed by atoms with Gasteiger partial charge in [0.1, 0.15) is 34.3 Å². The van der Waals surface area contributed by atoms with Crippen LogP contribution in [0, 0.1) is 6.92 Å². The lowest BCUT2D eigenvalue weighted by molar-refractivity contribution is 0.0692. The minimum absolute atomic E-state index is 0.0663. The molecule has 148 valence electrons. The van der Waals surface area contributed by atoms with Crippen molar-refractivity contribution in [1.82, 2.24) is 0 Å². The van der Waals surface area contributed by atoms with Crippen LogP contribution in [0.15, 0.2) is 18.2 Å². The van der Waals surface area contributed by atoms with Crippen molar-refractivity contribution in [3.05, 3.63) is 29.3 Å². The number of ether oxygens (including phenoxy) is 5. The van der Waals surface area contributed by atoms with Gasteiger partial charge in [0, 0.05) is 10.8 Å². The Kier molecular flexibility index (Phi) is 5.09. The lowest BCUT2D eigenvalue weighted by Crippen LogP contribution is -2.06. The van der Waals surface area contributed by atoms with E-state index in [-0.39, 0.29) is 11.3 Å². The Balaban J connectivity index is 2.74. The zero-order valence-electron chi connectivity index (χ0n) is 16.6. The molecule has 0 spiro atoms. The predicted octanol–water partition coefficient (Wildman–Crippen LogP) is 4.04. The second kappa shape index (κ2) is 7.34. The topological polar surface area (TPSA) is 83.5 Å². The van der Waals surface area contributed by atoms with Gasteiger partial charge >= 0.3 is 5.97 Å². The molecule has 7 heteroatoms. The highest BCUT2D eigenvalue weighted by molar-refractivity contribution is 6.18. The quantitative estimate of drug-likeness (QED) is 0.640. The van der Waals surface area contributed by atoms with E-state index in [9.17, 15) is 9.90 Å². The standard InChI is InChI=1S/C21H22O7/c1-10-15-11(9-14(26-4)16(10)21(22)23)19(27-5)17-12(24-2)7-8-13(25-3)18(17)20(15)28-6/h7-9H,1-6H3,(H,22,23). The highest BCUT2D eigenvalue weighted by atomic mass is 16.5. The third-order valence-electron chi connectivity index (χ3n) is 4.88. The molecule has 0 unspecified atom stereocenters. The summed E-state index contributed by atoms with van der Waals surface area (Å²) in [5.74, 6) is 1.27. The summed E-state index contributed by atoms with van der Waals surface area (Å²) in [7, 11) is 7.63. The molecule has 0 aromatic heterocycles. The SMILES string of the molecule is COc1cc2c(OC)c3c(OC)ccc(OC)c3c(OC)c2c(C)c1C(=O)O. The van der Waals surface area contributed by atoms with E-state index in [0.717, 1.165) is 0 Å². The first-order chi connectivity index (χ1) is 13.4. The van der Waals surface area contributed by atoms with E-state index in [1.54, 1.807) is 46.5 Å². The summed E-state index contributed by atoms with van der Waals surface area (Å²) in [6.07, 6.45) is 0. The number of aromatic carboxylic acids is 1. The van der Waals surface area contributed by atoms with Crippen LogP contribution in [0.1, 0.15) is 15.9 Å². The highest BCUT2D eigenvalue weighted by Crippen LogP contribution is 2.52. The summed E-state index contributed by atoms with van der Waals surface area (Å²) in [6, 6.07) is 5.20. The second-order valence-corrected chi connectivity index (χ2v) is 6.09. The number of carbonyl (C=O) groups is 1. The summed E-state index contributed by atoms with van der Waals surface area (Å²) < 4.78 is 27.9. The summed E-state index contributed by atoms with van der Waals surface area (Å²) in [6.45, 7) is 1.72. The van der Waals surface area contributed by atoms with Crippen LogP contribution in [0.4, 0.5) is 0 Å². The number of aryl methyl sites for hydroxylation is 1. The molecule has 0 amide bonds. The first-order valence-electron chi connectivity index (χ1n) is 8.48. The first-order valence-corrected chi connectivity index (χ1v) is 8.48. The Bertz CT molecular complexity index is 1090. The number of methoxy groups -OCH3 is 5. The molecule has 28 heavy (non-hydrogen) atoms. The van der Waals surface area contributed by atoms with Gasteiger partial charge in [0.25, 0.3) is 0 Å². The number of hydrogen-bond donors (Lipinski definition) is 1. The molecule has 0 heterocycles. The summed E-state index contributed by atoms with van der Waals surface area (Å²) in [4.78, 5) is 11.9. The molecule has 3 aromatic carbocycles. The average molecular weight is 386 g/mol. The smallest absolute Gasteiger partial charge is 0.339 e. The van der Waals surface area contributed by atoms with E-state index in [4.69, 9.17) is 23.7 Å². The molecular formula is C21H22O7. The van der Waals surface area contributed by atoms with E-state index in [1.807, 2.05) is 0 Å². The number of fused-ring (bicyclic) bond motifs is 2. The van der Waals surface area contributed by atoms with Crippen LogP contribution < -0.4 is 23.7 Å². The number of benzene rings is 3. The van der Waals surface area contributed by atoms with Gasteiger partial charge in [-0.15, -0.1) is 0 Å². The second-order valence-electron chi connectivity index (χ2n) is 6.09. The molecule has 7 nitrogen and oxygen atoms in total. The normalized spacial score (nSPS) is 10.8. The van der Waals surface area contributed by atoms with Gasteiger partial charge in [-0.3, -0.25) is 0 Å². The van der Waals surface area contributed by atoms with Gasteiger partial charge in [0.2, 0.25) is 0 Å². The van der Waals surface area contributed by atoms with Crippen molar-refractivity contribution < 1.29 is 33.6 Å². The van der Waals surface area contributed by atoms with Crippen LogP contribution in [-0.4, -0.2) is 46.6 Å². The van der Waals surface area contributed by atoms with Crippen LogP contribution in [0.3, 0.4) is 0 Å². The Morgan fingerprint density at radius 1 is 0.750 bits per heavy atom. The summed E-state index contributed by atoms with van der Waals surface area (Å²) in [5, 5.41) is 12.3. The first kappa shape index (κ1) is 19.4. The predicted molar refractivity (Wildman–Crippen MR) is 106 cm³/mol. The Morgan fingerprint density at radius 3 is 1.68 bits per heavy atom. The lowest BCUT2D eigenvalue weighted by Gasteiger charge is -2.21. The zero-order chi connectivity index (χ0) is 20.6. The number of carboxylic acids is 1. The van der Waals surface area contributed by atoms with Crippen molar-refractivity contribution in [3.8, 4) is 28.7 Å². The van der Waals surface area contributed by atoms with Gasteiger partial charge in [-0.1, -0.05) is 0 Å². The molecule has 0 saturated heterocycles. The largest absolute Gasteiger partial charge is 0.496 e. The van der Waals surface area contributed by atoms with Crippen molar-refractivity contribution in [2.45, 2.75) is 6.92 Å². The Labute approximate surface area is 162 Å². The van der Waals surface area contributed by atoms with E-state index >= 15 is 0 Å². The van der Waals surface area contributed by atoms with Crippen LogP contribution >= 0.6 is 0 Å². The average Bonchev–Trinajstić information content (AvgIpc) is 2.70. The van der Waals surface area contributed by atoms with Crippen molar-refractivity contribution >= 4 is 27.5 Å². The van der Waals surface area contributed by atoms with Crippen LogP contribution in [0.2, 0.25) is 0 Å². The van der Waals surface area contributed by atoms with Gasteiger partial charge in [-0.2, -0.15) is 0 Å². The fourth-order valence-electron chi connectivity index (χ4n) is 3.72. The molecule has 0 aliphatic heterocycles. The molecule has 0 atom stereocenters. The van der Waals surface area contributed by atoms with Crippen molar-refractivity contribution in [3.63, 3.8) is 0 Å². The fraction of sp³-hybridized carbons (Fsp3) is 0.286. The molecule has 3 aromatic rings. The number of carboxylic acid groups (broad SMARTS) is 1. The molecular weight excluding hydrogens is 364 g/mol. The van der Waals surface area contributed by atoms with E-state index in [2.05, 4.69) is 0 Å². The molecule has 1 N–H and O–H groups in total. The molecule has 3 rings (SSSR count). The third kappa shape index (κ3) is 2.62. The van der Waals surface area contributed by atoms with E-state index < -0.39 is 5.97 Å². The number of rotatable bonds is 6. The van der Waals surface area contributed by atoms with Crippen LogP contribution in [0.5, 0.6) is 28.7 Å². The maximum Gasteiger partial charge on any atom is 0.339 e. The maximum absolute atomic E-state index is 11.9. The highest BCUT2D eigenvalue weighted by Gasteiger charge is 2.27. The van der Waals surface area contributed by atoms with E-state index in [0.29, 0.717) is 50.1 Å². The monoisotopic (exact) mass is 386 g/mol. The minimum Gasteiger partial charge on any atom is -0.496 e. The summed E-state index contributed by atoms with van der Waals surface area (Å²) >= 11 is 0. The molecule has 0 aliphatic carbocycles. The summed E-state index contributed by atoms with van der Waals surface area (Å²) in [5.41, 5.74) is 0.570. The fourth-order valence-corrected chi connectivity index (χ4v) is 3.72. The minimum atomic E-state index is -1.09. The molecule has 0 aliphatic rings. The zero-order valence-corrected chi connectivity index (χ0v) is 16.6. The van der Waals surface area contributed by atoms with Gasteiger partial charge in [0.05, 0.1) is 46.3 Å². The van der Waals surface area contributed by atoms with Crippen LogP contribution in [0.25, 0.3) is 21.5 Å². The van der Waals surface area contributed by atoms with Crippen LogP contribution in [-0.2, 0) is 0 Å². The molecule has 0 saturated carbocycles. The van der Waals surface area contributed by atoms with Gasteiger partial charge in [-0.05, 0) is 30.7 Å². The van der Waals surface area contributed by atoms with Crippen molar-refractivity contribution in [2.24, 2.45) is 0 Å². The molecule has 0 radical (unpaired) electrons. The van der Waals surface area contributed by atoms with Crippen molar-refractivity contribution in [2.75, 3.05) is 35.5 Å². The molecule has 0 fully saturated rings. The van der Waals surface area contributed by atoms with E-state index in [1.165, 1.54) is 14.2 Å². The third-order valence-corrected chi connectivity index (χ3v) is 4.88. The van der Waals surface area contributed by atoms with Gasteiger partial charge in [0.15, 0.2) is 0 Å². The Hall–Kier alpha value is -3.35. The Morgan fingerprint density at radius 2 is 1.25 bits per heavy atom. The number of hydrogen-bond acceptors (Lipinski definition) is 6. The maximum atomic E-state index is 11.9. The van der Waals surface area contributed by atoms with Gasteiger partial charge in [-0.25, -0.2) is 4.79 Å². The van der Waals surface area contributed by atoms with Gasteiger partial charge < -0.3 is 28.8 Å². The molecule has 0 bridgehead atoms.